The maximum atomic E-state index is 13.8. The Labute approximate surface area is 157 Å². The van der Waals surface area contributed by atoms with E-state index in [9.17, 15) is 9.18 Å². The van der Waals surface area contributed by atoms with Crippen molar-refractivity contribution in [2.75, 3.05) is 19.7 Å². The number of amides is 1. The molecule has 0 bridgehead atoms. The largest absolute Gasteiger partial charge is 0.488 e. The molecule has 0 spiro atoms. The molecule has 1 fully saturated rings. The molecule has 0 radical (unpaired) electrons. The van der Waals surface area contributed by atoms with Gasteiger partial charge in [-0.15, -0.1) is 0 Å². The lowest BCUT2D eigenvalue weighted by molar-refractivity contribution is 0.104. The molecule has 0 unspecified atom stereocenters. The lowest BCUT2D eigenvalue weighted by Crippen LogP contribution is -2.37. The van der Waals surface area contributed by atoms with Crippen molar-refractivity contribution < 1.29 is 18.7 Å². The Morgan fingerprint density at radius 2 is 2.11 bits per heavy atom. The van der Waals surface area contributed by atoms with Gasteiger partial charge in [-0.05, 0) is 38.0 Å². The van der Waals surface area contributed by atoms with Gasteiger partial charge in [0.2, 0.25) is 0 Å². The molecule has 0 N–H and O–H groups in total. The first-order valence-electron chi connectivity index (χ1n) is 9.18. The van der Waals surface area contributed by atoms with E-state index in [2.05, 4.69) is 4.98 Å². The van der Waals surface area contributed by atoms with E-state index < -0.39 is 0 Å². The third-order valence-corrected chi connectivity index (χ3v) is 4.97. The fourth-order valence-electron chi connectivity index (χ4n) is 3.67. The number of benzene rings is 1. The molecule has 5 nitrogen and oxygen atoms in total. The molecule has 1 saturated heterocycles. The van der Waals surface area contributed by atoms with Crippen LogP contribution in [-0.2, 0) is 11.3 Å². The van der Waals surface area contributed by atoms with Gasteiger partial charge in [0, 0.05) is 42.1 Å². The number of pyridine rings is 1. The van der Waals surface area contributed by atoms with Crippen molar-refractivity contribution in [3.63, 3.8) is 0 Å². The number of rotatable bonds is 1. The second-order valence-electron chi connectivity index (χ2n) is 6.60. The van der Waals surface area contributed by atoms with Gasteiger partial charge < -0.3 is 14.4 Å². The van der Waals surface area contributed by atoms with E-state index in [0.29, 0.717) is 32.1 Å². The molecule has 1 amide bonds. The summed E-state index contributed by atoms with van der Waals surface area (Å²) in [7, 11) is 0. The molecule has 2 aliphatic heterocycles. The number of carbonyl (C=O) groups is 1. The number of nitrogens with zero attached hydrogens (tertiary/aromatic N) is 2. The fraction of sp³-hybridized carbons (Fsp3) is 0.333. The first-order valence-corrected chi connectivity index (χ1v) is 9.18. The van der Waals surface area contributed by atoms with Gasteiger partial charge in [0.15, 0.2) is 0 Å². The van der Waals surface area contributed by atoms with Gasteiger partial charge in [0.1, 0.15) is 18.2 Å². The highest BCUT2D eigenvalue weighted by molar-refractivity contribution is 5.85. The predicted molar refractivity (Wildman–Crippen MR) is 98.8 cm³/mol. The van der Waals surface area contributed by atoms with Crippen molar-refractivity contribution in [3.05, 3.63) is 64.7 Å². The van der Waals surface area contributed by atoms with Crippen LogP contribution in [-0.4, -0.2) is 35.7 Å². The van der Waals surface area contributed by atoms with Gasteiger partial charge in [0.25, 0.3) is 0 Å². The van der Waals surface area contributed by atoms with Crippen molar-refractivity contribution in [2.45, 2.75) is 26.4 Å². The average molecular weight is 368 g/mol. The van der Waals surface area contributed by atoms with E-state index in [1.807, 2.05) is 12.1 Å². The van der Waals surface area contributed by atoms with Gasteiger partial charge in [-0.3, -0.25) is 4.98 Å². The Bertz CT molecular complexity index is 900. The first kappa shape index (κ1) is 17.5. The molecule has 2 aliphatic rings. The summed E-state index contributed by atoms with van der Waals surface area (Å²) >= 11 is 0. The van der Waals surface area contributed by atoms with Crippen LogP contribution in [0.4, 0.5) is 9.18 Å². The third kappa shape index (κ3) is 3.39. The maximum Gasteiger partial charge on any atom is 0.409 e. The molecule has 1 aromatic carbocycles. The second kappa shape index (κ2) is 7.39. The Hall–Kier alpha value is -2.89. The number of hydrogen-bond donors (Lipinski definition) is 0. The smallest absolute Gasteiger partial charge is 0.409 e. The summed E-state index contributed by atoms with van der Waals surface area (Å²) in [6.07, 6.45) is 2.94. The number of piperidine rings is 1. The molecule has 2 aromatic rings. The van der Waals surface area contributed by atoms with Crippen molar-refractivity contribution in [3.8, 4) is 5.75 Å². The Balaban J connectivity index is 1.76. The summed E-state index contributed by atoms with van der Waals surface area (Å²) in [4.78, 5) is 18.3. The minimum Gasteiger partial charge on any atom is -0.488 e. The molecular weight excluding hydrogens is 347 g/mol. The number of halogens is 1. The number of fused-ring (bicyclic) bond motifs is 2. The zero-order valence-corrected chi connectivity index (χ0v) is 15.2. The number of aromatic nitrogens is 1. The van der Waals surface area contributed by atoms with Crippen LogP contribution < -0.4 is 4.74 Å². The molecular formula is C21H21FN2O3. The van der Waals surface area contributed by atoms with Crippen LogP contribution >= 0.6 is 0 Å². The summed E-state index contributed by atoms with van der Waals surface area (Å²) in [5, 5.41) is 0. The standard InChI is InChI=1S/C21H21FN2O3/c1-2-26-21(25)24-10-7-14(8-11-24)19-17-6-5-16(22)12-18(17)27-13-15-4-3-9-23-20(15)19/h3-6,9,12H,2,7-8,10-11,13H2,1H3. The number of likely N-dealkylation sites (tertiary alicyclic amines) is 1. The summed E-state index contributed by atoms with van der Waals surface area (Å²) in [5.74, 6) is 0.206. The normalized spacial score (nSPS) is 16.1. The second-order valence-corrected chi connectivity index (χ2v) is 6.60. The van der Waals surface area contributed by atoms with Gasteiger partial charge >= 0.3 is 6.09 Å². The number of ether oxygens (including phenoxy) is 2. The first-order chi connectivity index (χ1) is 13.2. The molecule has 0 atom stereocenters. The Kier molecular flexibility index (Phi) is 4.79. The summed E-state index contributed by atoms with van der Waals surface area (Å²) in [5.41, 5.74) is 4.91. The Morgan fingerprint density at radius 3 is 2.89 bits per heavy atom. The van der Waals surface area contributed by atoms with Crippen molar-refractivity contribution >= 4 is 11.7 Å². The van der Waals surface area contributed by atoms with Crippen LogP contribution in [0.1, 0.15) is 36.6 Å². The van der Waals surface area contributed by atoms with Gasteiger partial charge in [-0.25, -0.2) is 9.18 Å². The lowest BCUT2D eigenvalue weighted by atomic mass is 9.89. The number of carbonyl (C=O) groups excluding carboxylic acids is 1. The highest BCUT2D eigenvalue weighted by atomic mass is 19.1. The van der Waals surface area contributed by atoms with E-state index in [1.165, 1.54) is 17.7 Å². The van der Waals surface area contributed by atoms with Crippen LogP contribution in [0, 0.1) is 5.82 Å². The highest BCUT2D eigenvalue weighted by Gasteiger charge is 2.27. The summed E-state index contributed by atoms with van der Waals surface area (Å²) in [6, 6.07) is 8.50. The van der Waals surface area contributed by atoms with Crippen molar-refractivity contribution in [1.29, 1.82) is 0 Å². The summed E-state index contributed by atoms with van der Waals surface area (Å²) in [6.45, 7) is 3.72. The minimum absolute atomic E-state index is 0.272. The van der Waals surface area contributed by atoms with Gasteiger partial charge in [0.05, 0.1) is 12.3 Å². The van der Waals surface area contributed by atoms with Gasteiger partial charge in [-0.1, -0.05) is 11.6 Å². The van der Waals surface area contributed by atoms with Crippen LogP contribution in [0.5, 0.6) is 5.75 Å². The van der Waals surface area contributed by atoms with Crippen LogP contribution in [0.25, 0.3) is 5.57 Å². The average Bonchev–Trinajstić information content (AvgIpc) is 2.85. The predicted octanol–water partition coefficient (Wildman–Crippen LogP) is 4.17. The lowest BCUT2D eigenvalue weighted by Gasteiger charge is -2.29. The molecule has 140 valence electrons. The van der Waals surface area contributed by atoms with E-state index >= 15 is 0 Å². The fourth-order valence-corrected chi connectivity index (χ4v) is 3.67. The van der Waals surface area contributed by atoms with Gasteiger partial charge in [-0.2, -0.15) is 0 Å². The molecule has 4 rings (SSSR count). The van der Waals surface area contributed by atoms with Crippen LogP contribution in [0.2, 0.25) is 0 Å². The van der Waals surface area contributed by atoms with E-state index in [0.717, 1.165) is 35.2 Å². The van der Waals surface area contributed by atoms with E-state index in [1.54, 1.807) is 24.1 Å². The minimum atomic E-state index is -0.325. The highest BCUT2D eigenvalue weighted by Crippen LogP contribution is 2.40. The molecule has 27 heavy (non-hydrogen) atoms. The monoisotopic (exact) mass is 368 g/mol. The van der Waals surface area contributed by atoms with E-state index in [4.69, 9.17) is 9.47 Å². The molecule has 0 saturated carbocycles. The Morgan fingerprint density at radius 1 is 1.30 bits per heavy atom. The van der Waals surface area contributed by atoms with Crippen LogP contribution in [0.3, 0.4) is 0 Å². The maximum absolute atomic E-state index is 13.8. The summed E-state index contributed by atoms with van der Waals surface area (Å²) < 4.78 is 24.7. The SMILES string of the molecule is CCOC(=O)N1CCC(=C2c3ccc(F)cc3OCc3cccnc32)CC1. The zero-order valence-electron chi connectivity index (χ0n) is 15.2. The topological polar surface area (TPSA) is 51.7 Å². The molecule has 1 aromatic heterocycles. The molecule has 0 aliphatic carbocycles. The zero-order chi connectivity index (χ0) is 18.8. The van der Waals surface area contributed by atoms with Crippen LogP contribution in [0.15, 0.2) is 42.1 Å². The third-order valence-electron chi connectivity index (χ3n) is 4.97. The quantitative estimate of drug-likeness (QED) is 0.758. The number of hydrogen-bond acceptors (Lipinski definition) is 4. The van der Waals surface area contributed by atoms with Crippen molar-refractivity contribution in [1.82, 2.24) is 9.88 Å². The van der Waals surface area contributed by atoms with Crippen molar-refractivity contribution in [2.24, 2.45) is 0 Å². The van der Waals surface area contributed by atoms with E-state index in [-0.39, 0.29) is 11.9 Å². The molecule has 3 heterocycles. The molecule has 6 heteroatoms.